The second kappa shape index (κ2) is 5.81. The van der Waals surface area contributed by atoms with E-state index in [9.17, 15) is 4.39 Å². The Bertz CT molecular complexity index is 884. The van der Waals surface area contributed by atoms with Crippen molar-refractivity contribution in [1.29, 1.82) is 0 Å². The van der Waals surface area contributed by atoms with E-state index in [2.05, 4.69) is 21.5 Å². The molecule has 0 aliphatic carbocycles. The zero-order valence-electron chi connectivity index (χ0n) is 13.0. The maximum absolute atomic E-state index is 13.2. The summed E-state index contributed by atoms with van der Waals surface area (Å²) in [4.78, 5) is 4.26. The lowest BCUT2D eigenvalue weighted by atomic mass is 10.0. The van der Waals surface area contributed by atoms with Crippen LogP contribution in [0.25, 0.3) is 5.70 Å². The van der Waals surface area contributed by atoms with E-state index in [1.54, 1.807) is 19.2 Å². The molecule has 2 heterocycles. The van der Waals surface area contributed by atoms with Crippen LogP contribution in [0.2, 0.25) is 0 Å². The van der Waals surface area contributed by atoms with Crippen molar-refractivity contribution < 1.29 is 9.13 Å². The van der Waals surface area contributed by atoms with Gasteiger partial charge in [-0.15, -0.1) is 0 Å². The van der Waals surface area contributed by atoms with E-state index in [-0.39, 0.29) is 11.9 Å². The number of allylic oxidation sites excluding steroid dienone is 1. The molecule has 4 rings (SSSR count). The first-order chi connectivity index (χ1) is 11.7. The fourth-order valence-electron chi connectivity index (χ4n) is 2.77. The average Bonchev–Trinajstić information content (AvgIpc) is 3.10. The molecule has 120 valence electrons. The Kier molecular flexibility index (Phi) is 3.49. The summed E-state index contributed by atoms with van der Waals surface area (Å²) in [6, 6.07) is 14.1. The van der Waals surface area contributed by atoms with Crippen LogP contribution < -0.4 is 10.1 Å². The third kappa shape index (κ3) is 2.52. The zero-order valence-corrected chi connectivity index (χ0v) is 13.0. The first kappa shape index (κ1) is 14.4. The molecule has 0 amide bonds. The van der Waals surface area contributed by atoms with Crippen LogP contribution in [0.15, 0.2) is 60.9 Å². The third-order valence-corrected chi connectivity index (χ3v) is 4.02. The van der Waals surface area contributed by atoms with Crippen molar-refractivity contribution in [2.45, 2.75) is 6.04 Å². The molecule has 0 radical (unpaired) electrons. The minimum atomic E-state index is -0.259. The van der Waals surface area contributed by atoms with Crippen molar-refractivity contribution in [3.63, 3.8) is 0 Å². The summed E-state index contributed by atoms with van der Waals surface area (Å²) in [5.74, 6) is 1.19. The maximum Gasteiger partial charge on any atom is 0.226 e. The van der Waals surface area contributed by atoms with Gasteiger partial charge in [-0.2, -0.15) is 10.1 Å². The van der Waals surface area contributed by atoms with Gasteiger partial charge in [0.15, 0.2) is 0 Å². The molecule has 3 aromatic rings. The Labute approximate surface area is 138 Å². The Balaban J connectivity index is 1.77. The molecule has 5 nitrogen and oxygen atoms in total. The van der Waals surface area contributed by atoms with Gasteiger partial charge in [0, 0.05) is 5.70 Å². The minimum Gasteiger partial charge on any atom is -0.497 e. The van der Waals surface area contributed by atoms with Gasteiger partial charge in [-0.3, -0.25) is 0 Å². The van der Waals surface area contributed by atoms with E-state index in [0.29, 0.717) is 5.95 Å². The summed E-state index contributed by atoms with van der Waals surface area (Å²) in [5, 5.41) is 7.54. The van der Waals surface area contributed by atoms with Crippen LogP contribution in [-0.4, -0.2) is 21.9 Å². The van der Waals surface area contributed by atoms with E-state index >= 15 is 0 Å². The lowest BCUT2D eigenvalue weighted by Crippen LogP contribution is -2.20. The lowest BCUT2D eigenvalue weighted by Gasteiger charge is -2.24. The molecular weight excluding hydrogens is 307 g/mol. The summed E-state index contributed by atoms with van der Waals surface area (Å²) in [7, 11) is 1.64. The third-order valence-electron chi connectivity index (χ3n) is 4.02. The van der Waals surface area contributed by atoms with E-state index in [4.69, 9.17) is 4.74 Å². The van der Waals surface area contributed by atoms with E-state index in [0.717, 1.165) is 22.6 Å². The highest BCUT2D eigenvalue weighted by molar-refractivity contribution is 5.77. The van der Waals surface area contributed by atoms with Gasteiger partial charge >= 0.3 is 0 Å². The number of benzene rings is 2. The number of nitrogens with one attached hydrogen (secondary N) is 1. The number of fused-ring (bicyclic) bond motifs is 1. The Morgan fingerprint density at radius 3 is 2.54 bits per heavy atom. The van der Waals surface area contributed by atoms with Crippen LogP contribution in [0.4, 0.5) is 10.3 Å². The first-order valence-corrected chi connectivity index (χ1v) is 7.53. The zero-order chi connectivity index (χ0) is 16.5. The Hall–Kier alpha value is -3.15. The number of rotatable bonds is 3. The smallest absolute Gasteiger partial charge is 0.226 e. The number of nitrogens with zero attached hydrogens (tertiary/aromatic N) is 3. The molecule has 1 aliphatic heterocycles. The average molecular weight is 322 g/mol. The standard InChI is InChI=1S/C18H15FN4O/c1-24-15-8-4-13(5-9-15)17-10-16(12-2-6-14(19)7-3-12)22-18-20-11-21-23(17)18/h2-11,17H,1H3,(H,20,21,22)/t17-/m0/s1. The molecule has 24 heavy (non-hydrogen) atoms. The van der Waals surface area contributed by atoms with Gasteiger partial charge in [0.05, 0.1) is 7.11 Å². The van der Waals surface area contributed by atoms with Crippen LogP contribution in [0.3, 0.4) is 0 Å². The highest BCUT2D eigenvalue weighted by Crippen LogP contribution is 2.32. The summed E-state index contributed by atoms with van der Waals surface area (Å²) < 4.78 is 20.2. The number of hydrogen-bond acceptors (Lipinski definition) is 4. The van der Waals surface area contributed by atoms with E-state index in [1.807, 2.05) is 28.9 Å². The molecule has 0 saturated heterocycles. The molecule has 0 unspecified atom stereocenters. The molecule has 1 aromatic heterocycles. The number of aromatic nitrogens is 3. The molecule has 1 N–H and O–H groups in total. The van der Waals surface area contributed by atoms with Crippen molar-refractivity contribution in [2.24, 2.45) is 0 Å². The van der Waals surface area contributed by atoms with E-state index < -0.39 is 0 Å². The quantitative estimate of drug-likeness (QED) is 0.802. The van der Waals surface area contributed by atoms with Crippen LogP contribution in [0, 0.1) is 5.82 Å². The van der Waals surface area contributed by atoms with Crippen LogP contribution in [0.1, 0.15) is 17.2 Å². The molecule has 0 spiro atoms. The van der Waals surface area contributed by atoms with Gasteiger partial charge in [-0.1, -0.05) is 12.1 Å². The summed E-state index contributed by atoms with van der Waals surface area (Å²) in [5.41, 5.74) is 2.82. The number of hydrogen-bond donors (Lipinski definition) is 1. The molecule has 0 bridgehead atoms. The predicted molar refractivity (Wildman–Crippen MR) is 89.2 cm³/mol. The summed E-state index contributed by atoms with van der Waals surface area (Å²) in [6.45, 7) is 0. The van der Waals surface area contributed by atoms with Crippen molar-refractivity contribution in [2.75, 3.05) is 12.4 Å². The lowest BCUT2D eigenvalue weighted by molar-refractivity contribution is 0.414. The van der Waals surface area contributed by atoms with Crippen LogP contribution in [-0.2, 0) is 0 Å². The SMILES string of the molecule is COc1ccc([C@@H]2C=C(c3ccc(F)cc3)Nc3ncnn32)cc1. The predicted octanol–water partition coefficient (Wildman–Crippen LogP) is 3.48. The number of halogens is 1. The van der Waals surface area contributed by atoms with Crippen molar-refractivity contribution in [3.8, 4) is 5.75 Å². The summed E-state index contributed by atoms with van der Waals surface area (Å²) >= 11 is 0. The van der Waals surface area contributed by atoms with Crippen LogP contribution in [0.5, 0.6) is 5.75 Å². The number of ether oxygens (including phenoxy) is 1. The van der Waals surface area contributed by atoms with Crippen LogP contribution >= 0.6 is 0 Å². The number of methoxy groups -OCH3 is 1. The largest absolute Gasteiger partial charge is 0.497 e. The topological polar surface area (TPSA) is 52.0 Å². The van der Waals surface area contributed by atoms with Crippen molar-refractivity contribution >= 4 is 11.6 Å². The Morgan fingerprint density at radius 2 is 1.83 bits per heavy atom. The number of anilines is 1. The van der Waals surface area contributed by atoms with Gasteiger partial charge < -0.3 is 10.1 Å². The minimum absolute atomic E-state index is 0.102. The molecule has 0 saturated carbocycles. The second-order valence-corrected chi connectivity index (χ2v) is 5.46. The molecule has 2 aromatic carbocycles. The van der Waals surface area contributed by atoms with Gasteiger partial charge in [-0.25, -0.2) is 9.07 Å². The van der Waals surface area contributed by atoms with Gasteiger partial charge in [0.1, 0.15) is 23.9 Å². The highest BCUT2D eigenvalue weighted by atomic mass is 19.1. The normalized spacial score (nSPS) is 16.1. The molecule has 1 aliphatic rings. The first-order valence-electron chi connectivity index (χ1n) is 7.53. The van der Waals surface area contributed by atoms with Gasteiger partial charge in [-0.05, 0) is 53.6 Å². The monoisotopic (exact) mass is 322 g/mol. The molecule has 1 atom stereocenters. The molecular formula is C18H15FN4O. The highest BCUT2D eigenvalue weighted by Gasteiger charge is 2.23. The molecule has 6 heteroatoms. The van der Waals surface area contributed by atoms with Gasteiger partial charge in [0.25, 0.3) is 0 Å². The fraction of sp³-hybridized carbons (Fsp3) is 0.111. The van der Waals surface area contributed by atoms with Crippen molar-refractivity contribution in [1.82, 2.24) is 14.8 Å². The van der Waals surface area contributed by atoms with E-state index in [1.165, 1.54) is 18.5 Å². The summed E-state index contributed by atoms with van der Waals surface area (Å²) in [6.07, 6.45) is 3.57. The second-order valence-electron chi connectivity index (χ2n) is 5.46. The maximum atomic E-state index is 13.2. The Morgan fingerprint density at radius 1 is 1.08 bits per heavy atom. The van der Waals surface area contributed by atoms with Crippen molar-refractivity contribution in [3.05, 3.63) is 77.9 Å². The fourth-order valence-corrected chi connectivity index (χ4v) is 2.77. The molecule has 0 fully saturated rings. The van der Waals surface area contributed by atoms with Gasteiger partial charge in [0.2, 0.25) is 5.95 Å².